The van der Waals surface area contributed by atoms with Crippen molar-refractivity contribution in [1.82, 2.24) is 0 Å². The van der Waals surface area contributed by atoms with Gasteiger partial charge in [-0.15, -0.1) is 0 Å². The Morgan fingerprint density at radius 1 is 1.75 bits per heavy atom. The first-order valence-electron chi connectivity index (χ1n) is 3.39. The molecule has 2 atom stereocenters. The Kier molecular flexibility index (Phi) is 2.20. The first-order valence-corrected chi connectivity index (χ1v) is 3.39. The minimum atomic E-state index is -1.09. The molecule has 0 aliphatic carbocycles. The van der Waals surface area contributed by atoms with Gasteiger partial charge in [0.2, 0.25) is 0 Å². The summed E-state index contributed by atoms with van der Waals surface area (Å²) in [6.45, 7) is 0. The molecule has 6 nitrogen and oxygen atoms in total. The van der Waals surface area contributed by atoms with Gasteiger partial charge < -0.3 is 16.6 Å². The molecule has 0 fully saturated rings. The van der Waals surface area contributed by atoms with E-state index in [1.165, 1.54) is 12.6 Å². The van der Waals surface area contributed by atoms with Crippen LogP contribution in [0.1, 0.15) is 6.42 Å². The van der Waals surface area contributed by atoms with Crippen LogP contribution in [0.2, 0.25) is 0 Å². The van der Waals surface area contributed by atoms with Gasteiger partial charge in [0.05, 0.1) is 0 Å². The number of aliphatic carboxylic acids is 1. The Labute approximate surface area is 69.0 Å². The molecule has 0 radical (unpaired) electrons. The third kappa shape index (κ3) is 1.86. The molecule has 0 spiro atoms. The topological polar surface area (TPSA) is 114 Å². The first-order chi connectivity index (χ1) is 5.53. The monoisotopic (exact) mass is 170 g/mol. The lowest BCUT2D eigenvalue weighted by Crippen LogP contribution is -2.46. The summed E-state index contributed by atoms with van der Waals surface area (Å²) in [6.07, 6.45) is 2.73. The van der Waals surface area contributed by atoms with E-state index in [0.29, 0.717) is 0 Å². The number of nitrogens with zero attached hydrogens (tertiary/aromatic N) is 2. The summed E-state index contributed by atoms with van der Waals surface area (Å²) in [4.78, 5) is 17.8. The van der Waals surface area contributed by atoms with Crippen molar-refractivity contribution >= 4 is 18.5 Å². The number of rotatable bonds is 3. The van der Waals surface area contributed by atoms with E-state index in [-0.39, 0.29) is 6.42 Å². The highest BCUT2D eigenvalue weighted by Gasteiger charge is 2.29. The summed E-state index contributed by atoms with van der Waals surface area (Å²) < 4.78 is 0. The highest BCUT2D eigenvalue weighted by atomic mass is 16.4. The quantitative estimate of drug-likeness (QED) is 0.481. The molecule has 0 aromatic carbocycles. The summed E-state index contributed by atoms with van der Waals surface area (Å²) in [6, 6.07) is -1.00. The largest absolute Gasteiger partial charge is 0.480 e. The number of carboxylic acids is 1. The Bertz CT molecular complexity index is 236. The minimum absolute atomic E-state index is 0.0579. The van der Waals surface area contributed by atoms with E-state index < -0.39 is 17.7 Å². The summed E-state index contributed by atoms with van der Waals surface area (Å²) in [5.41, 5.74) is 9.84. The van der Waals surface area contributed by atoms with E-state index in [9.17, 15) is 4.79 Å². The van der Waals surface area contributed by atoms with Gasteiger partial charge in [-0.2, -0.15) is 0 Å². The second kappa shape index (κ2) is 3.00. The van der Waals surface area contributed by atoms with Gasteiger partial charge in [-0.1, -0.05) is 0 Å². The van der Waals surface area contributed by atoms with E-state index in [1.807, 2.05) is 0 Å². The van der Waals surface area contributed by atoms with Crippen LogP contribution in [0.15, 0.2) is 9.98 Å². The molecule has 12 heavy (non-hydrogen) atoms. The summed E-state index contributed by atoms with van der Waals surface area (Å²) in [7, 11) is 0. The van der Waals surface area contributed by atoms with Crippen LogP contribution in [-0.4, -0.2) is 35.3 Å². The van der Waals surface area contributed by atoms with Crippen LogP contribution in [0, 0.1) is 0 Å². The third-order valence-corrected chi connectivity index (χ3v) is 1.53. The molecule has 0 saturated heterocycles. The lowest BCUT2D eigenvalue weighted by Gasteiger charge is -2.18. The predicted molar refractivity (Wildman–Crippen MR) is 44.1 cm³/mol. The second-order valence-electron chi connectivity index (χ2n) is 2.66. The maximum atomic E-state index is 10.4. The molecule has 66 valence electrons. The van der Waals surface area contributed by atoms with Crippen LogP contribution in [-0.2, 0) is 4.79 Å². The molecule has 0 aromatic rings. The van der Waals surface area contributed by atoms with Gasteiger partial charge in [-0.25, -0.2) is 9.98 Å². The van der Waals surface area contributed by atoms with Crippen LogP contribution < -0.4 is 11.5 Å². The molecular weight excluding hydrogens is 160 g/mol. The number of carboxylic acid groups (broad SMARTS) is 1. The van der Waals surface area contributed by atoms with Gasteiger partial charge >= 0.3 is 5.97 Å². The molecule has 1 aliphatic rings. The lowest BCUT2D eigenvalue weighted by molar-refractivity contribution is -0.138. The molecular formula is C6H10N4O2. The number of hydrogen-bond acceptors (Lipinski definition) is 5. The molecule has 0 bridgehead atoms. The SMILES string of the molecule is N[C@@H](CC1(N)C=NC=N1)C(=O)O. The van der Waals surface area contributed by atoms with E-state index in [0.717, 1.165) is 0 Å². The van der Waals surface area contributed by atoms with Crippen LogP contribution in [0.25, 0.3) is 0 Å². The van der Waals surface area contributed by atoms with Crippen LogP contribution in [0.3, 0.4) is 0 Å². The lowest BCUT2D eigenvalue weighted by atomic mass is 10.0. The van der Waals surface area contributed by atoms with Crippen LogP contribution >= 0.6 is 0 Å². The second-order valence-corrected chi connectivity index (χ2v) is 2.66. The van der Waals surface area contributed by atoms with Gasteiger partial charge in [0, 0.05) is 12.6 Å². The number of nitrogens with two attached hydrogens (primary N) is 2. The minimum Gasteiger partial charge on any atom is -0.480 e. The highest BCUT2D eigenvalue weighted by molar-refractivity contribution is 5.86. The predicted octanol–water partition coefficient (Wildman–Crippen LogP) is -1.44. The average Bonchev–Trinajstić information content (AvgIpc) is 2.35. The average molecular weight is 170 g/mol. The Morgan fingerprint density at radius 3 is 2.83 bits per heavy atom. The number of hydrogen-bond donors (Lipinski definition) is 3. The molecule has 1 heterocycles. The van der Waals surface area contributed by atoms with Crippen molar-refractivity contribution in [2.75, 3.05) is 0 Å². The van der Waals surface area contributed by atoms with Gasteiger partial charge in [0.15, 0.2) is 0 Å². The molecule has 1 unspecified atom stereocenters. The van der Waals surface area contributed by atoms with E-state index in [4.69, 9.17) is 16.6 Å². The van der Waals surface area contributed by atoms with E-state index >= 15 is 0 Å². The van der Waals surface area contributed by atoms with Crippen molar-refractivity contribution in [1.29, 1.82) is 0 Å². The fourth-order valence-corrected chi connectivity index (χ4v) is 0.882. The first kappa shape index (κ1) is 8.82. The fourth-order valence-electron chi connectivity index (χ4n) is 0.882. The van der Waals surface area contributed by atoms with Crippen molar-refractivity contribution in [2.45, 2.75) is 18.1 Å². The zero-order valence-electron chi connectivity index (χ0n) is 6.34. The molecule has 0 amide bonds. The highest BCUT2D eigenvalue weighted by Crippen LogP contribution is 2.11. The van der Waals surface area contributed by atoms with Crippen LogP contribution in [0.4, 0.5) is 0 Å². The fraction of sp³-hybridized carbons (Fsp3) is 0.500. The van der Waals surface area contributed by atoms with Crippen LogP contribution in [0.5, 0.6) is 0 Å². The normalized spacial score (nSPS) is 29.2. The van der Waals surface area contributed by atoms with Gasteiger partial charge in [-0.05, 0) is 0 Å². The Morgan fingerprint density at radius 2 is 2.42 bits per heavy atom. The van der Waals surface area contributed by atoms with E-state index in [2.05, 4.69) is 9.98 Å². The zero-order valence-corrected chi connectivity index (χ0v) is 6.34. The van der Waals surface area contributed by atoms with E-state index in [1.54, 1.807) is 0 Å². The molecule has 0 aromatic heterocycles. The van der Waals surface area contributed by atoms with Gasteiger partial charge in [-0.3, -0.25) is 4.79 Å². The summed E-state index contributed by atoms with van der Waals surface area (Å²) in [5.74, 6) is -1.09. The molecule has 0 saturated carbocycles. The molecule has 5 N–H and O–H groups in total. The van der Waals surface area contributed by atoms with Crippen molar-refractivity contribution in [3.05, 3.63) is 0 Å². The zero-order chi connectivity index (χ0) is 9.19. The standard InChI is InChI=1S/C6H10N4O2/c7-4(5(11)12)1-6(8)2-9-3-10-6/h2-4H,1,7-8H2,(H,11,12)/t4-,6?/m0/s1. The Hall–Kier alpha value is -1.27. The number of carbonyl (C=O) groups is 1. The maximum Gasteiger partial charge on any atom is 0.320 e. The van der Waals surface area contributed by atoms with Crippen molar-refractivity contribution < 1.29 is 9.90 Å². The molecule has 1 rings (SSSR count). The van der Waals surface area contributed by atoms with Crippen molar-refractivity contribution in [2.24, 2.45) is 21.5 Å². The summed E-state index contributed by atoms with van der Waals surface area (Å²) >= 11 is 0. The smallest absolute Gasteiger partial charge is 0.320 e. The van der Waals surface area contributed by atoms with Crippen molar-refractivity contribution in [3.8, 4) is 0 Å². The van der Waals surface area contributed by atoms with Gasteiger partial charge in [0.1, 0.15) is 18.0 Å². The molecule has 6 heteroatoms. The molecule has 1 aliphatic heterocycles. The van der Waals surface area contributed by atoms with Crippen molar-refractivity contribution in [3.63, 3.8) is 0 Å². The number of aliphatic imine (C=N–C) groups is 2. The third-order valence-electron chi connectivity index (χ3n) is 1.53. The Balaban J connectivity index is 2.56. The summed E-state index contributed by atoms with van der Waals surface area (Å²) in [5, 5.41) is 8.48. The maximum absolute atomic E-state index is 10.4. The van der Waals surface area contributed by atoms with Gasteiger partial charge in [0.25, 0.3) is 0 Å².